The minimum atomic E-state index is 0.0841. The van der Waals surface area contributed by atoms with Gasteiger partial charge < -0.3 is 14.6 Å². The molecule has 0 amide bonds. The molecular formula is C29H28ClN5O. The van der Waals surface area contributed by atoms with Crippen LogP contribution in [0.15, 0.2) is 90.2 Å². The first-order valence-corrected chi connectivity index (χ1v) is 12.5. The van der Waals surface area contributed by atoms with E-state index in [1.807, 2.05) is 61.5 Å². The Morgan fingerprint density at radius 2 is 1.89 bits per heavy atom. The molecule has 0 saturated carbocycles. The van der Waals surface area contributed by atoms with E-state index in [0.29, 0.717) is 18.2 Å². The fourth-order valence-electron chi connectivity index (χ4n) is 4.21. The molecule has 2 heterocycles. The number of fused-ring (bicyclic) bond motifs is 2. The molecule has 0 spiro atoms. The van der Waals surface area contributed by atoms with Crippen LogP contribution in [-0.2, 0) is 4.74 Å². The average Bonchev–Trinajstić information content (AvgIpc) is 2.89. The van der Waals surface area contributed by atoms with Crippen molar-refractivity contribution in [1.82, 2.24) is 14.5 Å². The minimum Gasteiger partial charge on any atom is -0.382 e. The van der Waals surface area contributed by atoms with E-state index in [0.717, 1.165) is 51.3 Å². The van der Waals surface area contributed by atoms with E-state index in [1.165, 1.54) is 0 Å². The lowest BCUT2D eigenvalue weighted by atomic mass is 10.1. The van der Waals surface area contributed by atoms with Crippen molar-refractivity contribution >= 4 is 34.0 Å². The van der Waals surface area contributed by atoms with Gasteiger partial charge in [-0.25, -0.2) is 4.98 Å². The van der Waals surface area contributed by atoms with Crippen LogP contribution in [0.2, 0.25) is 5.02 Å². The van der Waals surface area contributed by atoms with Crippen LogP contribution in [-0.4, -0.2) is 33.8 Å². The van der Waals surface area contributed by atoms with Gasteiger partial charge in [0.2, 0.25) is 0 Å². The van der Waals surface area contributed by atoms with Crippen molar-refractivity contribution in [3.8, 4) is 17.1 Å². The largest absolute Gasteiger partial charge is 0.382 e. The molecule has 36 heavy (non-hydrogen) atoms. The number of hydrogen-bond donors (Lipinski definition) is 1. The number of nitrogens with zero attached hydrogens (tertiary/aromatic N) is 4. The van der Waals surface area contributed by atoms with Crippen LogP contribution < -0.4 is 10.7 Å². The zero-order valence-electron chi connectivity index (χ0n) is 20.4. The highest BCUT2D eigenvalue weighted by atomic mass is 35.5. The molecule has 1 aliphatic heterocycles. The summed E-state index contributed by atoms with van der Waals surface area (Å²) in [6.45, 7) is 5.50. The Balaban J connectivity index is 1.74. The van der Waals surface area contributed by atoms with Gasteiger partial charge in [-0.1, -0.05) is 23.7 Å². The molecule has 6 nitrogen and oxygen atoms in total. The molecule has 5 rings (SSSR count). The number of aromatic nitrogens is 3. The molecule has 3 aromatic rings. The molecule has 1 N–H and O–H groups in total. The molecular weight excluding hydrogens is 470 g/mol. The summed E-state index contributed by atoms with van der Waals surface area (Å²) in [5.74, 6) is 0. The van der Waals surface area contributed by atoms with Crippen molar-refractivity contribution < 1.29 is 4.74 Å². The van der Waals surface area contributed by atoms with Gasteiger partial charge in [0.15, 0.2) is 0 Å². The smallest absolute Gasteiger partial charge is 0.0900 e. The van der Waals surface area contributed by atoms with Gasteiger partial charge in [-0.3, -0.25) is 9.98 Å². The van der Waals surface area contributed by atoms with Crippen LogP contribution in [0.3, 0.4) is 0 Å². The first kappa shape index (κ1) is 24.0. The molecule has 0 fully saturated rings. The Hall–Kier alpha value is -3.74. The maximum absolute atomic E-state index is 6.21. The highest BCUT2D eigenvalue weighted by Crippen LogP contribution is 2.30. The third-order valence-electron chi connectivity index (χ3n) is 5.97. The van der Waals surface area contributed by atoms with E-state index >= 15 is 0 Å². The standard InChI is InChI=1S/C29H28ClN5O/c1-3-36-16-14-20(2)32-26-18-29-27(17-25(26)33-22-7-6-15-31-19-22)34-24-8-4-5-9-28(24)35(29)23-12-10-21(30)11-13-23/h4-13,15,17-20,33H,3,14,16H2,1-2H3. The van der Waals surface area contributed by atoms with Gasteiger partial charge in [-0.05, 0) is 80.9 Å². The number of halogens is 1. The summed E-state index contributed by atoms with van der Waals surface area (Å²) in [5, 5.41) is 5.05. The first-order valence-electron chi connectivity index (χ1n) is 12.1. The van der Waals surface area contributed by atoms with Crippen LogP contribution in [0.1, 0.15) is 20.3 Å². The first-order chi connectivity index (χ1) is 17.6. The number of benzene rings is 3. The van der Waals surface area contributed by atoms with E-state index in [-0.39, 0.29) is 6.04 Å². The molecule has 0 saturated heterocycles. The van der Waals surface area contributed by atoms with E-state index < -0.39 is 0 Å². The molecule has 0 radical (unpaired) electrons. The number of anilines is 2. The Bertz CT molecular complexity index is 1500. The summed E-state index contributed by atoms with van der Waals surface area (Å²) in [7, 11) is 0. The molecule has 2 aromatic carbocycles. The van der Waals surface area contributed by atoms with E-state index in [2.05, 4.69) is 40.0 Å². The lowest BCUT2D eigenvalue weighted by molar-refractivity contribution is 0.141. The third-order valence-corrected chi connectivity index (χ3v) is 6.22. The van der Waals surface area contributed by atoms with Gasteiger partial charge in [-0.2, -0.15) is 0 Å². The number of para-hydroxylation sites is 2. The molecule has 2 aliphatic rings. The minimum absolute atomic E-state index is 0.0841. The van der Waals surface area contributed by atoms with Crippen molar-refractivity contribution in [3.63, 3.8) is 0 Å². The van der Waals surface area contributed by atoms with Gasteiger partial charge in [0, 0.05) is 30.1 Å². The van der Waals surface area contributed by atoms with Crippen molar-refractivity contribution in [1.29, 1.82) is 0 Å². The lowest BCUT2D eigenvalue weighted by Gasteiger charge is -2.20. The van der Waals surface area contributed by atoms with Gasteiger partial charge >= 0.3 is 0 Å². The number of rotatable bonds is 8. The maximum atomic E-state index is 6.21. The Morgan fingerprint density at radius 1 is 1.06 bits per heavy atom. The van der Waals surface area contributed by atoms with E-state index in [9.17, 15) is 0 Å². The maximum Gasteiger partial charge on any atom is 0.0900 e. The molecule has 1 atom stereocenters. The summed E-state index contributed by atoms with van der Waals surface area (Å²) in [5.41, 5.74) is 6.51. The molecule has 1 aromatic heterocycles. The molecule has 7 heteroatoms. The van der Waals surface area contributed by atoms with Gasteiger partial charge in [-0.15, -0.1) is 0 Å². The Morgan fingerprint density at radius 3 is 2.67 bits per heavy atom. The molecule has 1 aliphatic carbocycles. The van der Waals surface area contributed by atoms with Crippen molar-refractivity contribution in [2.75, 3.05) is 18.5 Å². The average molecular weight is 498 g/mol. The highest BCUT2D eigenvalue weighted by molar-refractivity contribution is 6.30. The third kappa shape index (κ3) is 5.25. The molecule has 182 valence electrons. The van der Waals surface area contributed by atoms with Gasteiger partial charge in [0.05, 0.1) is 51.4 Å². The van der Waals surface area contributed by atoms with E-state index in [4.69, 9.17) is 26.3 Å². The van der Waals surface area contributed by atoms with Crippen molar-refractivity contribution in [3.05, 3.63) is 95.6 Å². The molecule has 1 unspecified atom stereocenters. The predicted octanol–water partition coefficient (Wildman–Crippen LogP) is 6.64. The van der Waals surface area contributed by atoms with Gasteiger partial charge in [0.1, 0.15) is 0 Å². The van der Waals surface area contributed by atoms with E-state index in [1.54, 1.807) is 12.4 Å². The van der Waals surface area contributed by atoms with Crippen LogP contribution in [0.25, 0.3) is 28.1 Å². The molecule has 0 bridgehead atoms. The zero-order chi connectivity index (χ0) is 24.9. The summed E-state index contributed by atoms with van der Waals surface area (Å²) in [6, 6.07) is 24.2. The SMILES string of the molecule is CCOCCC(C)N=c1cc2n(-c3ccc(Cl)cc3)c3ccccc3nc-2cc1Nc1cccnc1. The normalized spacial score (nSPS) is 12.8. The second-order valence-corrected chi connectivity index (χ2v) is 9.04. The second kappa shape index (κ2) is 10.9. The zero-order valence-corrected chi connectivity index (χ0v) is 21.1. The van der Waals surface area contributed by atoms with Crippen LogP contribution in [0.5, 0.6) is 0 Å². The van der Waals surface area contributed by atoms with Crippen molar-refractivity contribution in [2.24, 2.45) is 4.99 Å². The number of pyridine rings is 1. The van der Waals surface area contributed by atoms with Gasteiger partial charge in [0.25, 0.3) is 0 Å². The van der Waals surface area contributed by atoms with Crippen LogP contribution in [0, 0.1) is 0 Å². The lowest BCUT2D eigenvalue weighted by Crippen LogP contribution is -2.18. The van der Waals surface area contributed by atoms with Crippen LogP contribution in [0.4, 0.5) is 11.4 Å². The predicted molar refractivity (Wildman–Crippen MR) is 146 cm³/mol. The summed E-state index contributed by atoms with van der Waals surface area (Å²) in [4.78, 5) is 14.3. The topological polar surface area (TPSA) is 64.3 Å². The summed E-state index contributed by atoms with van der Waals surface area (Å²) in [6.07, 6.45) is 4.40. The van der Waals surface area contributed by atoms with Crippen LogP contribution >= 0.6 is 11.6 Å². The second-order valence-electron chi connectivity index (χ2n) is 8.60. The number of nitrogens with one attached hydrogen (secondary N) is 1. The Kier molecular flexibility index (Phi) is 7.26. The Labute approximate surface area is 215 Å². The summed E-state index contributed by atoms with van der Waals surface area (Å²) >= 11 is 6.21. The number of ether oxygens (including phenoxy) is 1. The quantitative estimate of drug-likeness (QED) is 0.193. The fourth-order valence-corrected chi connectivity index (χ4v) is 4.34. The monoisotopic (exact) mass is 497 g/mol. The summed E-state index contributed by atoms with van der Waals surface area (Å²) < 4.78 is 7.78. The van der Waals surface area contributed by atoms with Crippen molar-refractivity contribution in [2.45, 2.75) is 26.3 Å². The fraction of sp³-hybridized carbons (Fsp3) is 0.207. The number of hydrogen-bond acceptors (Lipinski definition) is 5. The highest BCUT2D eigenvalue weighted by Gasteiger charge is 2.17.